The molecule has 0 saturated heterocycles. The number of amides is 1. The molecule has 25 heavy (non-hydrogen) atoms. The number of carbonyl (C=O) groups is 2. The average molecular weight is 337 g/mol. The molecule has 1 aliphatic carbocycles. The van der Waals surface area contributed by atoms with Crippen molar-refractivity contribution in [1.29, 1.82) is 0 Å². The highest BCUT2D eigenvalue weighted by atomic mass is 16.5. The first-order valence-electron chi connectivity index (χ1n) is 8.79. The highest BCUT2D eigenvalue weighted by molar-refractivity contribution is 5.99. The minimum atomic E-state index is -0.832. The molecule has 0 aliphatic heterocycles. The van der Waals surface area contributed by atoms with Crippen LogP contribution in [0.15, 0.2) is 48.5 Å². The molecule has 0 spiro atoms. The Bertz CT molecular complexity index is 770. The van der Waals surface area contributed by atoms with Crippen LogP contribution in [0.1, 0.15) is 41.8 Å². The van der Waals surface area contributed by atoms with E-state index in [1.807, 2.05) is 49.4 Å². The van der Waals surface area contributed by atoms with Crippen LogP contribution in [0.4, 0.5) is 5.69 Å². The van der Waals surface area contributed by atoms with Crippen molar-refractivity contribution in [2.75, 3.05) is 11.4 Å². The lowest BCUT2D eigenvalue weighted by molar-refractivity contribution is -0.126. The lowest BCUT2D eigenvalue weighted by atomic mass is 10.1. The molecule has 3 rings (SSSR count). The second-order valence-electron chi connectivity index (χ2n) is 6.30. The number of carbonyl (C=O) groups excluding carboxylic acids is 2. The van der Waals surface area contributed by atoms with Gasteiger partial charge in [0.25, 0.3) is 5.91 Å². The van der Waals surface area contributed by atoms with Crippen molar-refractivity contribution in [3.05, 3.63) is 65.2 Å². The first kappa shape index (κ1) is 17.2. The quantitative estimate of drug-likeness (QED) is 0.780. The Morgan fingerprint density at radius 2 is 1.80 bits per heavy atom. The summed E-state index contributed by atoms with van der Waals surface area (Å²) in [6, 6.07) is 15.1. The number of ether oxygens (including phenoxy) is 1. The van der Waals surface area contributed by atoms with Gasteiger partial charge in [0.15, 0.2) is 6.10 Å². The van der Waals surface area contributed by atoms with Gasteiger partial charge in [-0.25, -0.2) is 4.79 Å². The molecule has 130 valence electrons. The highest BCUT2D eigenvalue weighted by Gasteiger charge is 2.25. The topological polar surface area (TPSA) is 46.6 Å². The number of nitrogens with zero attached hydrogens (tertiary/aromatic N) is 1. The molecule has 0 fully saturated rings. The third kappa shape index (κ3) is 3.73. The number of fused-ring (bicyclic) bond motifs is 1. The summed E-state index contributed by atoms with van der Waals surface area (Å²) in [6.45, 7) is 4.04. The fraction of sp³-hybridized carbons (Fsp3) is 0.333. The number of rotatable bonds is 5. The Hall–Kier alpha value is -2.62. The van der Waals surface area contributed by atoms with E-state index in [1.54, 1.807) is 17.9 Å². The Morgan fingerprint density at radius 3 is 2.52 bits per heavy atom. The zero-order valence-corrected chi connectivity index (χ0v) is 14.7. The van der Waals surface area contributed by atoms with E-state index in [2.05, 4.69) is 0 Å². The van der Waals surface area contributed by atoms with Crippen molar-refractivity contribution < 1.29 is 14.3 Å². The number of hydrogen-bond acceptors (Lipinski definition) is 3. The molecule has 0 bridgehead atoms. The van der Waals surface area contributed by atoms with Gasteiger partial charge in [0.2, 0.25) is 0 Å². The largest absolute Gasteiger partial charge is 0.449 e. The number of hydrogen-bond donors (Lipinski definition) is 0. The summed E-state index contributed by atoms with van der Waals surface area (Å²) in [6.07, 6.45) is 2.37. The van der Waals surface area contributed by atoms with Gasteiger partial charge < -0.3 is 9.64 Å². The molecule has 0 heterocycles. The second kappa shape index (κ2) is 7.51. The van der Waals surface area contributed by atoms with Crippen LogP contribution in [0, 0.1) is 0 Å². The lowest BCUT2D eigenvalue weighted by Crippen LogP contribution is -2.40. The third-order valence-corrected chi connectivity index (χ3v) is 4.62. The van der Waals surface area contributed by atoms with Crippen LogP contribution in [0.25, 0.3) is 0 Å². The van der Waals surface area contributed by atoms with Crippen LogP contribution >= 0.6 is 0 Å². The smallest absolute Gasteiger partial charge is 0.338 e. The summed E-state index contributed by atoms with van der Waals surface area (Å²) in [5, 5.41) is 0. The zero-order valence-electron chi connectivity index (χ0n) is 14.7. The molecule has 1 aliphatic rings. The molecule has 2 aromatic carbocycles. The number of benzene rings is 2. The van der Waals surface area contributed by atoms with Crippen LogP contribution in [0.3, 0.4) is 0 Å². The van der Waals surface area contributed by atoms with Crippen molar-refractivity contribution in [1.82, 2.24) is 0 Å². The minimum absolute atomic E-state index is 0.219. The Morgan fingerprint density at radius 1 is 1.08 bits per heavy atom. The number of esters is 1. The molecule has 4 nitrogen and oxygen atoms in total. The van der Waals surface area contributed by atoms with Gasteiger partial charge in [0.05, 0.1) is 5.56 Å². The van der Waals surface area contributed by atoms with E-state index in [4.69, 9.17) is 4.74 Å². The monoisotopic (exact) mass is 337 g/mol. The molecule has 0 saturated carbocycles. The first-order chi connectivity index (χ1) is 12.1. The summed E-state index contributed by atoms with van der Waals surface area (Å²) in [5.41, 5.74) is 3.84. The molecule has 4 heteroatoms. The first-order valence-corrected chi connectivity index (χ1v) is 8.79. The summed E-state index contributed by atoms with van der Waals surface area (Å²) in [4.78, 5) is 26.7. The maximum atomic E-state index is 12.7. The van der Waals surface area contributed by atoms with Crippen molar-refractivity contribution in [2.45, 2.75) is 39.2 Å². The average Bonchev–Trinajstić information content (AvgIpc) is 3.10. The Labute approximate surface area is 148 Å². The van der Waals surface area contributed by atoms with Gasteiger partial charge in [0.1, 0.15) is 0 Å². The van der Waals surface area contributed by atoms with Gasteiger partial charge >= 0.3 is 5.97 Å². The maximum Gasteiger partial charge on any atom is 0.338 e. The Kier molecular flexibility index (Phi) is 5.17. The molecule has 0 N–H and O–H groups in total. The summed E-state index contributed by atoms with van der Waals surface area (Å²) in [5.74, 6) is -0.664. The van der Waals surface area contributed by atoms with E-state index in [9.17, 15) is 9.59 Å². The molecular weight excluding hydrogens is 314 g/mol. The van der Waals surface area contributed by atoms with Crippen molar-refractivity contribution in [3.8, 4) is 0 Å². The van der Waals surface area contributed by atoms with E-state index >= 15 is 0 Å². The number of aryl methyl sites for hydroxylation is 2. The SMILES string of the molecule is CCN(C(=O)[C@H](C)OC(=O)c1ccc2c(c1)CCC2)c1ccccc1. The van der Waals surface area contributed by atoms with Crippen molar-refractivity contribution in [2.24, 2.45) is 0 Å². The van der Waals surface area contributed by atoms with Gasteiger partial charge in [-0.2, -0.15) is 0 Å². The molecular formula is C21H23NO3. The van der Waals surface area contributed by atoms with E-state index in [1.165, 1.54) is 11.1 Å². The van der Waals surface area contributed by atoms with E-state index in [0.29, 0.717) is 12.1 Å². The fourth-order valence-electron chi connectivity index (χ4n) is 3.27. The van der Waals surface area contributed by atoms with Gasteiger partial charge in [-0.15, -0.1) is 0 Å². The molecule has 0 radical (unpaired) electrons. The van der Waals surface area contributed by atoms with Crippen LogP contribution < -0.4 is 4.90 Å². The molecule has 1 amide bonds. The number of anilines is 1. The van der Waals surface area contributed by atoms with Gasteiger partial charge in [-0.1, -0.05) is 24.3 Å². The second-order valence-corrected chi connectivity index (χ2v) is 6.30. The van der Waals surface area contributed by atoms with E-state index in [0.717, 1.165) is 24.9 Å². The third-order valence-electron chi connectivity index (χ3n) is 4.62. The predicted octanol–water partition coefficient (Wildman–Crippen LogP) is 3.77. The van der Waals surface area contributed by atoms with E-state index in [-0.39, 0.29) is 5.91 Å². The standard InChI is InChI=1S/C21H23NO3/c1-3-22(19-10-5-4-6-11-19)20(23)15(2)25-21(24)18-13-12-16-8-7-9-17(16)14-18/h4-6,10-15H,3,7-9H2,1-2H3/t15-/m0/s1. The van der Waals surface area contributed by atoms with Gasteiger partial charge in [-0.05, 0) is 68.5 Å². The van der Waals surface area contributed by atoms with E-state index < -0.39 is 12.1 Å². The van der Waals surface area contributed by atoms with Crippen LogP contribution in [0.2, 0.25) is 0 Å². The number of para-hydroxylation sites is 1. The lowest BCUT2D eigenvalue weighted by Gasteiger charge is -2.24. The van der Waals surface area contributed by atoms with Gasteiger partial charge in [-0.3, -0.25) is 4.79 Å². The zero-order chi connectivity index (χ0) is 17.8. The molecule has 0 unspecified atom stereocenters. The van der Waals surface area contributed by atoms with Crippen LogP contribution in [-0.4, -0.2) is 24.5 Å². The predicted molar refractivity (Wildman–Crippen MR) is 97.8 cm³/mol. The van der Waals surface area contributed by atoms with Crippen LogP contribution in [0.5, 0.6) is 0 Å². The maximum absolute atomic E-state index is 12.7. The Balaban J connectivity index is 1.69. The fourth-order valence-corrected chi connectivity index (χ4v) is 3.27. The minimum Gasteiger partial charge on any atom is -0.449 e. The normalized spacial score (nSPS) is 13.8. The summed E-state index contributed by atoms with van der Waals surface area (Å²) < 4.78 is 5.43. The summed E-state index contributed by atoms with van der Waals surface area (Å²) in [7, 11) is 0. The molecule has 2 aromatic rings. The molecule has 1 atom stereocenters. The summed E-state index contributed by atoms with van der Waals surface area (Å²) >= 11 is 0. The van der Waals surface area contributed by atoms with Crippen molar-refractivity contribution in [3.63, 3.8) is 0 Å². The number of likely N-dealkylation sites (N-methyl/N-ethyl adjacent to an activating group) is 1. The highest BCUT2D eigenvalue weighted by Crippen LogP contribution is 2.23. The van der Waals surface area contributed by atoms with Crippen LogP contribution in [-0.2, 0) is 22.4 Å². The van der Waals surface area contributed by atoms with Crippen molar-refractivity contribution >= 4 is 17.6 Å². The van der Waals surface area contributed by atoms with Gasteiger partial charge in [0, 0.05) is 12.2 Å². The molecule has 0 aromatic heterocycles.